The zero-order chi connectivity index (χ0) is 16.4. The lowest BCUT2D eigenvalue weighted by Gasteiger charge is -2.31. The second-order valence-corrected chi connectivity index (χ2v) is 5.84. The summed E-state index contributed by atoms with van der Waals surface area (Å²) in [7, 11) is 1.62. The molecule has 1 fully saturated rings. The standard InChI is InChI=1S/C18H23NO4/c1-4-22-13-7-9-19(10-8-13)18(20)17-12(2)23-16-6-5-14(21-3)11-15(16)17/h5-6,11,13H,4,7-10H2,1-3H3. The van der Waals surface area contributed by atoms with Crippen LogP contribution in [-0.4, -0.2) is 43.7 Å². The summed E-state index contributed by atoms with van der Waals surface area (Å²) in [6.07, 6.45) is 2.04. The summed E-state index contributed by atoms with van der Waals surface area (Å²) in [5.41, 5.74) is 1.37. The van der Waals surface area contributed by atoms with Crippen LogP contribution in [0.3, 0.4) is 0 Å². The largest absolute Gasteiger partial charge is 0.497 e. The van der Waals surface area contributed by atoms with Crippen LogP contribution in [0.5, 0.6) is 5.75 Å². The van der Waals surface area contributed by atoms with Gasteiger partial charge in [0.2, 0.25) is 0 Å². The molecule has 5 heteroatoms. The number of amides is 1. The van der Waals surface area contributed by atoms with Crippen LogP contribution in [0.25, 0.3) is 11.0 Å². The number of rotatable bonds is 4. The number of aryl methyl sites for hydroxylation is 1. The van der Waals surface area contributed by atoms with Crippen molar-refractivity contribution in [3.05, 3.63) is 29.5 Å². The van der Waals surface area contributed by atoms with E-state index in [1.165, 1.54) is 0 Å². The molecule has 0 N–H and O–H groups in total. The second kappa shape index (κ2) is 6.62. The van der Waals surface area contributed by atoms with E-state index < -0.39 is 0 Å². The fraction of sp³-hybridized carbons (Fsp3) is 0.500. The molecule has 1 saturated heterocycles. The molecule has 1 aliphatic heterocycles. The number of fused-ring (bicyclic) bond motifs is 1. The zero-order valence-corrected chi connectivity index (χ0v) is 13.9. The van der Waals surface area contributed by atoms with Crippen LogP contribution in [0, 0.1) is 6.92 Å². The first-order valence-electron chi connectivity index (χ1n) is 8.12. The number of piperidine rings is 1. The highest BCUT2D eigenvalue weighted by Gasteiger charge is 2.27. The zero-order valence-electron chi connectivity index (χ0n) is 13.9. The van der Waals surface area contributed by atoms with Gasteiger partial charge in [0, 0.05) is 25.1 Å². The lowest BCUT2D eigenvalue weighted by atomic mass is 10.0. The Labute approximate surface area is 136 Å². The van der Waals surface area contributed by atoms with E-state index >= 15 is 0 Å². The van der Waals surface area contributed by atoms with Gasteiger partial charge in [0.25, 0.3) is 5.91 Å². The smallest absolute Gasteiger partial charge is 0.258 e. The minimum absolute atomic E-state index is 0.0319. The fourth-order valence-electron chi connectivity index (χ4n) is 3.21. The second-order valence-electron chi connectivity index (χ2n) is 5.84. The molecule has 0 aliphatic carbocycles. The summed E-state index contributed by atoms with van der Waals surface area (Å²) < 4.78 is 16.7. The number of hydrogen-bond acceptors (Lipinski definition) is 4. The van der Waals surface area contributed by atoms with Gasteiger partial charge in [-0.25, -0.2) is 0 Å². The Morgan fingerprint density at radius 3 is 2.74 bits per heavy atom. The van der Waals surface area contributed by atoms with Crippen molar-refractivity contribution < 1.29 is 18.7 Å². The summed E-state index contributed by atoms with van der Waals surface area (Å²) in [5.74, 6) is 1.41. The first kappa shape index (κ1) is 15.9. The van der Waals surface area contributed by atoms with E-state index in [4.69, 9.17) is 13.9 Å². The lowest BCUT2D eigenvalue weighted by Crippen LogP contribution is -2.41. The third-order valence-electron chi connectivity index (χ3n) is 4.42. The van der Waals surface area contributed by atoms with Crippen LogP contribution in [0.15, 0.2) is 22.6 Å². The van der Waals surface area contributed by atoms with Crippen molar-refractivity contribution in [3.63, 3.8) is 0 Å². The van der Waals surface area contributed by atoms with Crippen LogP contribution in [0.1, 0.15) is 35.9 Å². The predicted molar refractivity (Wildman–Crippen MR) is 88.1 cm³/mol. The molecule has 1 aliphatic rings. The van der Waals surface area contributed by atoms with Crippen LogP contribution in [0.2, 0.25) is 0 Å². The SMILES string of the molecule is CCOC1CCN(C(=O)c2c(C)oc3ccc(OC)cc23)CC1. The molecule has 3 rings (SSSR count). The van der Waals surface area contributed by atoms with Gasteiger partial charge >= 0.3 is 0 Å². The van der Waals surface area contributed by atoms with E-state index in [2.05, 4.69) is 0 Å². The van der Waals surface area contributed by atoms with Crippen LogP contribution < -0.4 is 4.74 Å². The van der Waals surface area contributed by atoms with Crippen LogP contribution in [0.4, 0.5) is 0 Å². The van der Waals surface area contributed by atoms with E-state index in [9.17, 15) is 4.79 Å². The average molecular weight is 317 g/mol. The first-order chi connectivity index (χ1) is 11.1. The Kier molecular flexibility index (Phi) is 4.57. The maximum Gasteiger partial charge on any atom is 0.258 e. The van der Waals surface area contributed by atoms with E-state index in [1.54, 1.807) is 7.11 Å². The van der Waals surface area contributed by atoms with Gasteiger partial charge < -0.3 is 18.8 Å². The number of carbonyl (C=O) groups excluding carboxylic acids is 1. The van der Waals surface area contributed by atoms with Crippen molar-refractivity contribution in [2.75, 3.05) is 26.8 Å². The lowest BCUT2D eigenvalue weighted by molar-refractivity contribution is 0.0146. The van der Waals surface area contributed by atoms with Crippen molar-refractivity contribution in [1.82, 2.24) is 4.90 Å². The molecule has 1 aromatic carbocycles. The first-order valence-corrected chi connectivity index (χ1v) is 8.12. The minimum atomic E-state index is 0.0319. The molecule has 2 heterocycles. The number of methoxy groups -OCH3 is 1. The summed E-state index contributed by atoms with van der Waals surface area (Å²) in [6, 6.07) is 5.55. The topological polar surface area (TPSA) is 51.9 Å². The molecule has 5 nitrogen and oxygen atoms in total. The third kappa shape index (κ3) is 3.06. The maximum atomic E-state index is 12.9. The number of furan rings is 1. The molecule has 0 atom stereocenters. The van der Waals surface area contributed by atoms with Gasteiger partial charge in [0.15, 0.2) is 0 Å². The van der Waals surface area contributed by atoms with Crippen molar-refractivity contribution >= 4 is 16.9 Å². The van der Waals surface area contributed by atoms with Gasteiger partial charge in [-0.2, -0.15) is 0 Å². The van der Waals surface area contributed by atoms with Gasteiger partial charge in [-0.15, -0.1) is 0 Å². The molecule has 0 saturated carbocycles. The number of hydrogen-bond donors (Lipinski definition) is 0. The van der Waals surface area contributed by atoms with Gasteiger partial charge in [0.1, 0.15) is 17.1 Å². The Morgan fingerprint density at radius 1 is 1.35 bits per heavy atom. The Morgan fingerprint density at radius 2 is 2.09 bits per heavy atom. The van der Waals surface area contributed by atoms with Crippen LogP contribution >= 0.6 is 0 Å². The van der Waals surface area contributed by atoms with E-state index in [0.717, 1.165) is 49.3 Å². The van der Waals surface area contributed by atoms with E-state index in [-0.39, 0.29) is 12.0 Å². The molecule has 23 heavy (non-hydrogen) atoms. The number of nitrogens with zero attached hydrogens (tertiary/aromatic N) is 1. The summed E-state index contributed by atoms with van der Waals surface area (Å²) in [5, 5.41) is 0.818. The molecule has 0 spiro atoms. The van der Waals surface area contributed by atoms with E-state index in [1.807, 2.05) is 36.9 Å². The van der Waals surface area contributed by atoms with Gasteiger partial charge in [-0.05, 0) is 44.9 Å². The minimum Gasteiger partial charge on any atom is -0.497 e. The molecule has 1 aromatic heterocycles. The summed E-state index contributed by atoms with van der Waals surface area (Å²) in [6.45, 7) is 6.02. The molecular formula is C18H23NO4. The van der Waals surface area contributed by atoms with Gasteiger partial charge in [-0.3, -0.25) is 4.79 Å². The quantitative estimate of drug-likeness (QED) is 0.867. The normalized spacial score (nSPS) is 16.0. The Hall–Kier alpha value is -2.01. The number of benzene rings is 1. The molecule has 124 valence electrons. The predicted octanol–water partition coefficient (Wildman–Crippen LogP) is 3.39. The fourth-order valence-corrected chi connectivity index (χ4v) is 3.21. The Balaban J connectivity index is 1.85. The molecule has 1 amide bonds. The third-order valence-corrected chi connectivity index (χ3v) is 4.42. The van der Waals surface area contributed by atoms with Crippen LogP contribution in [-0.2, 0) is 4.74 Å². The summed E-state index contributed by atoms with van der Waals surface area (Å²) in [4.78, 5) is 14.8. The van der Waals surface area contributed by atoms with Crippen molar-refractivity contribution in [2.45, 2.75) is 32.8 Å². The monoisotopic (exact) mass is 317 g/mol. The van der Waals surface area contributed by atoms with E-state index in [0.29, 0.717) is 11.3 Å². The number of likely N-dealkylation sites (tertiary alicyclic amines) is 1. The summed E-state index contributed by atoms with van der Waals surface area (Å²) >= 11 is 0. The highest BCUT2D eigenvalue weighted by molar-refractivity contribution is 6.07. The molecule has 0 bridgehead atoms. The molecular weight excluding hydrogens is 294 g/mol. The van der Waals surface area contributed by atoms with Gasteiger partial charge in [0.05, 0.1) is 18.8 Å². The highest BCUT2D eigenvalue weighted by Crippen LogP contribution is 2.30. The average Bonchev–Trinajstić information content (AvgIpc) is 2.90. The molecule has 0 unspecified atom stereocenters. The molecule has 2 aromatic rings. The molecule has 0 radical (unpaired) electrons. The maximum absolute atomic E-state index is 12.9. The van der Waals surface area contributed by atoms with Crippen molar-refractivity contribution in [2.24, 2.45) is 0 Å². The Bertz CT molecular complexity index is 698. The highest BCUT2D eigenvalue weighted by atomic mass is 16.5. The van der Waals surface area contributed by atoms with Gasteiger partial charge in [-0.1, -0.05) is 0 Å². The van der Waals surface area contributed by atoms with Crippen molar-refractivity contribution in [3.8, 4) is 5.75 Å². The van der Waals surface area contributed by atoms with Crippen molar-refractivity contribution in [1.29, 1.82) is 0 Å². The number of ether oxygens (including phenoxy) is 2. The number of carbonyl (C=O) groups is 1.